The summed E-state index contributed by atoms with van der Waals surface area (Å²) in [6, 6.07) is 0.0367. The molecule has 24 heavy (non-hydrogen) atoms. The fourth-order valence-corrected chi connectivity index (χ4v) is 2.84. The molecule has 0 aliphatic carbocycles. The third-order valence-corrected chi connectivity index (χ3v) is 4.14. The number of ether oxygens (including phenoxy) is 2. The lowest BCUT2D eigenvalue weighted by Crippen LogP contribution is -2.50. The zero-order valence-electron chi connectivity index (χ0n) is 15.9. The van der Waals surface area contributed by atoms with Gasteiger partial charge in [0.2, 0.25) is 0 Å². The van der Waals surface area contributed by atoms with Gasteiger partial charge in [-0.2, -0.15) is 0 Å². The quantitative estimate of drug-likeness (QED) is 0.682. The molecule has 0 bridgehead atoms. The Kier molecular flexibility index (Phi) is 8.70. The van der Waals surface area contributed by atoms with E-state index in [4.69, 9.17) is 9.47 Å². The number of carbonyl (C=O) groups is 2. The van der Waals surface area contributed by atoms with E-state index >= 15 is 0 Å². The maximum atomic E-state index is 12.4. The van der Waals surface area contributed by atoms with Gasteiger partial charge in [0.15, 0.2) is 0 Å². The molecule has 0 aromatic rings. The molecule has 1 atom stereocenters. The maximum absolute atomic E-state index is 12.4. The number of nitrogens with zero attached hydrogens (tertiary/aromatic N) is 1. The highest BCUT2D eigenvalue weighted by Gasteiger charge is 2.29. The molecule has 1 fully saturated rings. The summed E-state index contributed by atoms with van der Waals surface area (Å²) in [4.78, 5) is 25.9. The van der Waals surface area contributed by atoms with E-state index < -0.39 is 5.60 Å². The van der Waals surface area contributed by atoms with Crippen LogP contribution in [-0.2, 0) is 19.1 Å². The third-order valence-electron chi connectivity index (χ3n) is 4.14. The van der Waals surface area contributed by atoms with Crippen molar-refractivity contribution in [3.05, 3.63) is 0 Å². The molecule has 1 aliphatic heterocycles. The van der Waals surface area contributed by atoms with Gasteiger partial charge in [-0.15, -0.1) is 0 Å². The topological polar surface area (TPSA) is 67.9 Å². The molecule has 0 unspecified atom stereocenters. The molecule has 6 heteroatoms. The minimum atomic E-state index is -0.465. The van der Waals surface area contributed by atoms with Crippen LogP contribution in [0, 0.1) is 0 Å². The molecular formula is C18H34N2O4. The van der Waals surface area contributed by atoms with Crippen molar-refractivity contribution in [2.45, 2.75) is 77.5 Å². The van der Waals surface area contributed by atoms with Gasteiger partial charge in [-0.3, -0.25) is 14.5 Å². The number of carbonyl (C=O) groups excluding carboxylic acids is 2. The maximum Gasteiger partial charge on any atom is 0.323 e. The molecule has 1 aliphatic rings. The second-order valence-electron chi connectivity index (χ2n) is 7.52. The number of esters is 2. The fraction of sp³-hybridized carbons (Fsp3) is 0.889. The van der Waals surface area contributed by atoms with Crippen molar-refractivity contribution in [2.24, 2.45) is 0 Å². The lowest BCUT2D eigenvalue weighted by atomic mass is 10.0. The van der Waals surface area contributed by atoms with E-state index in [0.29, 0.717) is 6.54 Å². The van der Waals surface area contributed by atoms with Gasteiger partial charge >= 0.3 is 11.9 Å². The number of methoxy groups -OCH3 is 1. The van der Waals surface area contributed by atoms with Gasteiger partial charge in [-0.05, 0) is 40.0 Å². The number of nitrogens with one attached hydrogen (secondary N) is 1. The first-order valence-electron chi connectivity index (χ1n) is 9.03. The molecule has 0 saturated carbocycles. The molecule has 1 heterocycles. The zero-order chi connectivity index (χ0) is 18.2. The van der Waals surface area contributed by atoms with Crippen LogP contribution in [-0.4, -0.2) is 61.3 Å². The minimum Gasteiger partial charge on any atom is -0.468 e. The number of unbranched alkanes of at least 4 members (excludes halogenated alkanes) is 1. The Morgan fingerprint density at radius 1 is 1.25 bits per heavy atom. The van der Waals surface area contributed by atoms with Crippen molar-refractivity contribution >= 4 is 11.9 Å². The second-order valence-corrected chi connectivity index (χ2v) is 7.52. The van der Waals surface area contributed by atoms with Crippen molar-refractivity contribution < 1.29 is 19.1 Å². The van der Waals surface area contributed by atoms with Crippen LogP contribution in [0.3, 0.4) is 0 Å². The third kappa shape index (κ3) is 8.11. The van der Waals surface area contributed by atoms with Crippen molar-refractivity contribution in [1.82, 2.24) is 10.2 Å². The van der Waals surface area contributed by atoms with Crippen LogP contribution < -0.4 is 5.32 Å². The lowest BCUT2D eigenvalue weighted by Gasteiger charge is -2.34. The van der Waals surface area contributed by atoms with E-state index in [1.807, 2.05) is 20.8 Å². The highest BCUT2D eigenvalue weighted by molar-refractivity contribution is 5.76. The predicted octanol–water partition coefficient (Wildman–Crippen LogP) is 2.11. The Balaban J connectivity index is 2.49. The van der Waals surface area contributed by atoms with E-state index in [1.54, 1.807) is 0 Å². The summed E-state index contributed by atoms with van der Waals surface area (Å²) in [5.74, 6) is -0.357. The highest BCUT2D eigenvalue weighted by Crippen LogP contribution is 2.15. The molecule has 0 aromatic heterocycles. The summed E-state index contributed by atoms with van der Waals surface area (Å²) in [6.45, 7) is 9.82. The molecular weight excluding hydrogens is 308 g/mol. The standard InChI is InChI=1S/C18H34N2O4/c1-6-7-8-15(17(22)24-18(2,3)4)19-14-9-11-20(12-10-14)13-16(21)23-5/h14-15,19H,6-13H2,1-5H3/t15-/m1/s1. The van der Waals surface area contributed by atoms with Gasteiger partial charge in [0.1, 0.15) is 11.6 Å². The Hall–Kier alpha value is -1.14. The van der Waals surface area contributed by atoms with Gasteiger partial charge in [0.05, 0.1) is 13.7 Å². The summed E-state index contributed by atoms with van der Waals surface area (Å²) >= 11 is 0. The van der Waals surface area contributed by atoms with Crippen molar-refractivity contribution in [3.8, 4) is 0 Å². The summed E-state index contributed by atoms with van der Waals surface area (Å²) < 4.78 is 10.3. The van der Waals surface area contributed by atoms with Crippen LogP contribution in [0.15, 0.2) is 0 Å². The largest absolute Gasteiger partial charge is 0.468 e. The van der Waals surface area contributed by atoms with Crippen LogP contribution in [0.2, 0.25) is 0 Å². The Morgan fingerprint density at radius 2 is 1.88 bits per heavy atom. The summed E-state index contributed by atoms with van der Waals surface area (Å²) in [5.41, 5.74) is -0.465. The van der Waals surface area contributed by atoms with Crippen LogP contribution >= 0.6 is 0 Å². The normalized spacial score (nSPS) is 18.2. The van der Waals surface area contributed by atoms with E-state index in [-0.39, 0.29) is 24.0 Å². The smallest absolute Gasteiger partial charge is 0.323 e. The Bertz CT molecular complexity index is 398. The molecule has 1 N–H and O–H groups in total. The summed E-state index contributed by atoms with van der Waals surface area (Å²) in [7, 11) is 1.41. The molecule has 0 amide bonds. The van der Waals surface area contributed by atoms with Gasteiger partial charge in [0.25, 0.3) is 0 Å². The minimum absolute atomic E-state index is 0.159. The number of hydrogen-bond donors (Lipinski definition) is 1. The van der Waals surface area contributed by atoms with Gasteiger partial charge in [0, 0.05) is 19.1 Å². The number of hydrogen-bond acceptors (Lipinski definition) is 6. The average molecular weight is 342 g/mol. The lowest BCUT2D eigenvalue weighted by molar-refractivity contribution is -0.158. The van der Waals surface area contributed by atoms with E-state index in [0.717, 1.165) is 45.2 Å². The number of piperidine rings is 1. The molecule has 140 valence electrons. The first-order valence-corrected chi connectivity index (χ1v) is 9.03. The van der Waals surface area contributed by atoms with E-state index in [2.05, 4.69) is 17.1 Å². The monoisotopic (exact) mass is 342 g/mol. The second kappa shape index (κ2) is 9.99. The first-order chi connectivity index (χ1) is 11.2. The van der Waals surface area contributed by atoms with Crippen molar-refractivity contribution in [2.75, 3.05) is 26.7 Å². The number of rotatable bonds is 8. The summed E-state index contributed by atoms with van der Waals surface area (Å²) in [6.07, 6.45) is 4.69. The molecule has 0 spiro atoms. The molecule has 1 rings (SSSR count). The van der Waals surface area contributed by atoms with Crippen LogP contribution in [0.25, 0.3) is 0 Å². The van der Waals surface area contributed by atoms with Crippen LogP contribution in [0.4, 0.5) is 0 Å². The van der Waals surface area contributed by atoms with Crippen molar-refractivity contribution in [3.63, 3.8) is 0 Å². The molecule has 6 nitrogen and oxygen atoms in total. The molecule has 1 saturated heterocycles. The first kappa shape index (κ1) is 20.9. The summed E-state index contributed by atoms with van der Waals surface area (Å²) in [5, 5.41) is 3.48. The highest BCUT2D eigenvalue weighted by atomic mass is 16.6. The average Bonchev–Trinajstić information content (AvgIpc) is 2.51. The predicted molar refractivity (Wildman–Crippen MR) is 93.8 cm³/mol. The zero-order valence-corrected chi connectivity index (χ0v) is 15.9. The van der Waals surface area contributed by atoms with Gasteiger partial charge in [-0.1, -0.05) is 19.8 Å². The van der Waals surface area contributed by atoms with Crippen LogP contribution in [0.5, 0.6) is 0 Å². The van der Waals surface area contributed by atoms with Crippen molar-refractivity contribution in [1.29, 1.82) is 0 Å². The van der Waals surface area contributed by atoms with E-state index in [9.17, 15) is 9.59 Å². The van der Waals surface area contributed by atoms with Gasteiger partial charge in [-0.25, -0.2) is 0 Å². The Labute approximate surface area is 146 Å². The fourth-order valence-electron chi connectivity index (χ4n) is 2.84. The Morgan fingerprint density at radius 3 is 2.38 bits per heavy atom. The number of likely N-dealkylation sites (tertiary alicyclic amines) is 1. The van der Waals surface area contributed by atoms with Crippen LogP contribution in [0.1, 0.15) is 59.8 Å². The molecule has 0 radical (unpaired) electrons. The SMILES string of the molecule is CCCC[C@@H](NC1CCN(CC(=O)OC)CC1)C(=O)OC(C)(C)C. The van der Waals surface area contributed by atoms with Gasteiger partial charge < -0.3 is 14.8 Å². The van der Waals surface area contributed by atoms with E-state index in [1.165, 1.54) is 7.11 Å². The molecule has 0 aromatic carbocycles.